The van der Waals surface area contributed by atoms with E-state index in [9.17, 15) is 0 Å². The summed E-state index contributed by atoms with van der Waals surface area (Å²) in [5, 5.41) is 10.2. The van der Waals surface area contributed by atoms with Gasteiger partial charge in [-0.2, -0.15) is 0 Å². The summed E-state index contributed by atoms with van der Waals surface area (Å²) in [5.41, 5.74) is 0. The lowest BCUT2D eigenvalue weighted by Gasteiger charge is -2.36. The van der Waals surface area contributed by atoms with Crippen LogP contribution in [0.25, 0.3) is 0 Å². The fourth-order valence-electron chi connectivity index (χ4n) is 3.39. The number of likely N-dealkylation sites (tertiary alicyclic amines) is 1. The van der Waals surface area contributed by atoms with Gasteiger partial charge >= 0.3 is 0 Å². The Morgan fingerprint density at radius 3 is 2.81 bits per heavy atom. The molecular weight excluding hydrogens is 374 g/mol. The Bertz CT molecular complexity index is 702. The van der Waals surface area contributed by atoms with E-state index >= 15 is 0 Å². The molecule has 0 aromatic carbocycles. The van der Waals surface area contributed by atoms with E-state index in [4.69, 9.17) is 4.99 Å². The maximum Gasteiger partial charge on any atom is 0.191 e. The van der Waals surface area contributed by atoms with Crippen LogP contribution in [0.3, 0.4) is 0 Å². The van der Waals surface area contributed by atoms with Gasteiger partial charge in [0.2, 0.25) is 0 Å². The van der Waals surface area contributed by atoms with Crippen molar-refractivity contribution in [3.05, 3.63) is 38.5 Å². The molecule has 0 aliphatic carbocycles. The Balaban J connectivity index is 1.64. The van der Waals surface area contributed by atoms with Crippen LogP contribution in [0.1, 0.15) is 47.5 Å². The second-order valence-electron chi connectivity index (χ2n) is 7.19. The van der Waals surface area contributed by atoms with E-state index in [1.807, 2.05) is 17.5 Å². The summed E-state index contributed by atoms with van der Waals surface area (Å²) in [6.45, 7) is 11.3. The van der Waals surface area contributed by atoms with Crippen molar-refractivity contribution >= 4 is 28.6 Å². The first-order chi connectivity index (χ1) is 13.2. The maximum absolute atomic E-state index is 4.73. The number of rotatable bonds is 7. The number of thiophene rings is 1. The van der Waals surface area contributed by atoms with Gasteiger partial charge in [0.1, 0.15) is 5.01 Å². The van der Waals surface area contributed by atoms with E-state index < -0.39 is 0 Å². The minimum absolute atomic E-state index is 0.406. The van der Waals surface area contributed by atoms with Crippen molar-refractivity contribution in [2.75, 3.05) is 26.2 Å². The molecule has 1 aliphatic heterocycles. The van der Waals surface area contributed by atoms with Crippen molar-refractivity contribution < 1.29 is 0 Å². The molecule has 2 aromatic rings. The largest absolute Gasteiger partial charge is 0.357 e. The molecule has 7 heteroatoms. The Kier molecular flexibility index (Phi) is 7.67. The Hall–Kier alpha value is -1.44. The molecule has 0 saturated carbocycles. The van der Waals surface area contributed by atoms with Crippen LogP contribution in [0.15, 0.2) is 28.7 Å². The smallest absolute Gasteiger partial charge is 0.191 e. The zero-order chi connectivity index (χ0) is 19.1. The Labute approximate surface area is 170 Å². The monoisotopic (exact) mass is 405 g/mol. The third kappa shape index (κ3) is 6.02. The second-order valence-corrected chi connectivity index (χ2v) is 9.49. The van der Waals surface area contributed by atoms with Gasteiger partial charge in [0.25, 0.3) is 0 Å². The third-order valence-corrected chi connectivity index (χ3v) is 6.85. The van der Waals surface area contributed by atoms with Gasteiger partial charge in [-0.1, -0.05) is 13.0 Å². The van der Waals surface area contributed by atoms with E-state index in [0.29, 0.717) is 12.6 Å². The molecule has 2 aromatic heterocycles. The summed E-state index contributed by atoms with van der Waals surface area (Å²) in [4.78, 5) is 14.4. The number of guanidine groups is 1. The number of hydrogen-bond acceptors (Lipinski definition) is 5. The summed E-state index contributed by atoms with van der Waals surface area (Å²) >= 11 is 3.57. The average Bonchev–Trinajstić information content (AvgIpc) is 3.33. The molecule has 1 fully saturated rings. The molecule has 148 valence electrons. The van der Waals surface area contributed by atoms with Crippen molar-refractivity contribution in [1.82, 2.24) is 20.5 Å². The molecule has 2 N–H and O–H groups in total. The summed E-state index contributed by atoms with van der Waals surface area (Å²) in [6, 6.07) is 4.82. The summed E-state index contributed by atoms with van der Waals surface area (Å²) in [5.74, 6) is 1.72. The number of nitrogens with zero attached hydrogens (tertiary/aromatic N) is 3. The number of aliphatic imine (C=N–C) groups is 1. The molecule has 1 atom stereocenters. The van der Waals surface area contributed by atoms with Gasteiger partial charge in [-0.05, 0) is 57.1 Å². The highest BCUT2D eigenvalue weighted by Crippen LogP contribution is 2.29. The van der Waals surface area contributed by atoms with Crippen LogP contribution < -0.4 is 10.6 Å². The summed E-state index contributed by atoms with van der Waals surface area (Å²) in [7, 11) is 0. The van der Waals surface area contributed by atoms with E-state index in [1.165, 1.54) is 35.7 Å². The van der Waals surface area contributed by atoms with E-state index in [1.54, 1.807) is 11.3 Å². The maximum atomic E-state index is 4.73. The van der Waals surface area contributed by atoms with Gasteiger partial charge in [-0.3, -0.25) is 4.90 Å². The predicted octanol–water partition coefficient (Wildman–Crippen LogP) is 4.04. The van der Waals surface area contributed by atoms with Crippen LogP contribution in [-0.2, 0) is 6.54 Å². The SMILES string of the molecule is CCNC(=NCc1ncc(C)s1)NCC(c1cccs1)N1CCC(C)CC1. The van der Waals surface area contributed by atoms with Gasteiger partial charge in [0.05, 0.1) is 12.6 Å². The number of aromatic nitrogens is 1. The minimum atomic E-state index is 0.406. The van der Waals surface area contributed by atoms with Gasteiger partial charge < -0.3 is 10.6 Å². The molecule has 0 radical (unpaired) electrons. The average molecular weight is 406 g/mol. The number of hydrogen-bond donors (Lipinski definition) is 2. The lowest BCUT2D eigenvalue weighted by molar-refractivity contribution is 0.140. The van der Waals surface area contributed by atoms with Crippen LogP contribution in [0.5, 0.6) is 0 Å². The first-order valence-corrected chi connectivity index (χ1v) is 11.6. The zero-order valence-electron chi connectivity index (χ0n) is 16.6. The fourth-order valence-corrected chi connectivity index (χ4v) is 4.96. The normalized spacial score (nSPS) is 17.8. The van der Waals surface area contributed by atoms with Crippen LogP contribution in [0.2, 0.25) is 0 Å². The number of nitrogens with one attached hydrogen (secondary N) is 2. The highest BCUT2D eigenvalue weighted by Gasteiger charge is 2.25. The highest BCUT2D eigenvalue weighted by molar-refractivity contribution is 7.11. The molecule has 1 unspecified atom stereocenters. The zero-order valence-corrected chi connectivity index (χ0v) is 18.2. The van der Waals surface area contributed by atoms with Crippen molar-refractivity contribution in [3.8, 4) is 0 Å². The number of thiazole rings is 1. The number of piperidine rings is 1. The molecule has 1 saturated heterocycles. The lowest BCUT2D eigenvalue weighted by Crippen LogP contribution is -2.45. The molecule has 3 heterocycles. The molecule has 5 nitrogen and oxygen atoms in total. The molecule has 0 bridgehead atoms. The van der Waals surface area contributed by atoms with Crippen LogP contribution in [-0.4, -0.2) is 42.0 Å². The van der Waals surface area contributed by atoms with Crippen LogP contribution in [0, 0.1) is 12.8 Å². The molecule has 0 spiro atoms. The summed E-state index contributed by atoms with van der Waals surface area (Å²) in [6.07, 6.45) is 4.50. The van der Waals surface area contributed by atoms with Crippen molar-refractivity contribution in [2.45, 2.75) is 46.2 Å². The molecule has 27 heavy (non-hydrogen) atoms. The lowest BCUT2D eigenvalue weighted by atomic mass is 9.97. The Morgan fingerprint density at radius 1 is 1.37 bits per heavy atom. The van der Waals surface area contributed by atoms with Crippen molar-refractivity contribution in [1.29, 1.82) is 0 Å². The van der Waals surface area contributed by atoms with Gasteiger partial charge in [-0.25, -0.2) is 9.98 Å². The highest BCUT2D eigenvalue weighted by atomic mass is 32.1. The van der Waals surface area contributed by atoms with Crippen LogP contribution in [0.4, 0.5) is 0 Å². The topological polar surface area (TPSA) is 52.6 Å². The molecule has 3 rings (SSSR count). The standard InChI is InChI=1S/C20H31N5S2/c1-4-21-20(24-14-19-22-12-16(3)27-19)23-13-17(18-6-5-11-26-18)25-9-7-15(2)8-10-25/h5-6,11-12,15,17H,4,7-10,13-14H2,1-3H3,(H2,21,23,24). The molecule has 1 aliphatic rings. The van der Waals surface area contributed by atoms with Gasteiger partial charge in [0.15, 0.2) is 5.96 Å². The third-order valence-electron chi connectivity index (χ3n) is 4.98. The van der Waals surface area contributed by atoms with E-state index in [0.717, 1.165) is 30.0 Å². The number of aryl methyl sites for hydroxylation is 1. The summed E-state index contributed by atoms with van der Waals surface area (Å²) < 4.78 is 0. The van der Waals surface area contributed by atoms with Gasteiger partial charge in [0, 0.05) is 29.0 Å². The molecular formula is C20H31N5S2. The fraction of sp³-hybridized carbons (Fsp3) is 0.600. The second kappa shape index (κ2) is 10.2. The van der Waals surface area contributed by atoms with E-state index in [-0.39, 0.29) is 0 Å². The van der Waals surface area contributed by atoms with Crippen molar-refractivity contribution in [2.24, 2.45) is 10.9 Å². The quantitative estimate of drug-likeness (QED) is 0.539. The van der Waals surface area contributed by atoms with Crippen molar-refractivity contribution in [3.63, 3.8) is 0 Å². The first kappa shape index (κ1) is 20.3. The Morgan fingerprint density at radius 2 is 2.19 bits per heavy atom. The predicted molar refractivity (Wildman–Crippen MR) is 117 cm³/mol. The first-order valence-electron chi connectivity index (χ1n) is 9.86. The molecule has 0 amide bonds. The van der Waals surface area contributed by atoms with E-state index in [2.05, 4.69) is 58.8 Å². The van der Waals surface area contributed by atoms with Crippen LogP contribution >= 0.6 is 22.7 Å². The van der Waals surface area contributed by atoms with Gasteiger partial charge in [-0.15, -0.1) is 22.7 Å². The minimum Gasteiger partial charge on any atom is -0.357 e.